The Hall–Kier alpha value is -1.45. The lowest BCUT2D eigenvalue weighted by atomic mass is 10.2. The largest absolute Gasteiger partial charge is 0.351 e. The van der Waals surface area contributed by atoms with Crippen molar-refractivity contribution in [3.63, 3.8) is 0 Å². The van der Waals surface area contributed by atoms with Crippen LogP contribution in [0, 0.1) is 0 Å². The maximum atomic E-state index is 12.5. The lowest BCUT2D eigenvalue weighted by Crippen LogP contribution is -2.35. The van der Waals surface area contributed by atoms with Gasteiger partial charge in [-0.3, -0.25) is 4.79 Å². The summed E-state index contributed by atoms with van der Waals surface area (Å²) in [5, 5.41) is 2.50. The number of rotatable bonds is 6. The molecule has 24 heavy (non-hydrogen) atoms. The molecule has 7 nitrogen and oxygen atoms in total. The van der Waals surface area contributed by atoms with Crippen molar-refractivity contribution >= 4 is 25.8 Å². The first-order chi connectivity index (χ1) is 11.2. The zero-order valence-corrected chi connectivity index (χ0v) is 15.2. The van der Waals surface area contributed by atoms with Crippen LogP contribution in [0.2, 0.25) is 0 Å². The van der Waals surface area contributed by atoms with Crippen molar-refractivity contribution in [1.29, 1.82) is 0 Å². The molecular formula is C15H22N2O5S2. The van der Waals surface area contributed by atoms with E-state index in [2.05, 4.69) is 5.32 Å². The Kier molecular flexibility index (Phi) is 6.00. The highest BCUT2D eigenvalue weighted by atomic mass is 32.2. The normalized spacial score (nSPS) is 16.7. The summed E-state index contributed by atoms with van der Waals surface area (Å²) in [5.41, 5.74) is 0.293. The van der Waals surface area contributed by atoms with Gasteiger partial charge in [-0.25, -0.2) is 16.8 Å². The fourth-order valence-corrected chi connectivity index (χ4v) is 4.47. The Morgan fingerprint density at radius 3 is 2.17 bits per heavy atom. The number of nitrogens with one attached hydrogen (secondary N) is 1. The zero-order valence-electron chi connectivity index (χ0n) is 13.6. The number of carbonyl (C=O) groups excluding carboxylic acids is 1. The van der Waals surface area contributed by atoms with Gasteiger partial charge in [0.2, 0.25) is 10.0 Å². The van der Waals surface area contributed by atoms with Crippen LogP contribution >= 0.6 is 0 Å². The summed E-state index contributed by atoms with van der Waals surface area (Å²) in [6, 6.07) is 5.70. The number of sulfonamides is 1. The minimum Gasteiger partial charge on any atom is -0.351 e. The molecule has 1 fully saturated rings. The summed E-state index contributed by atoms with van der Waals surface area (Å²) in [6.07, 6.45) is 3.86. The first-order valence-electron chi connectivity index (χ1n) is 7.76. The molecule has 0 aromatic heterocycles. The Bertz CT molecular complexity index is 780. The molecule has 1 saturated heterocycles. The number of amides is 1. The molecule has 0 spiro atoms. The summed E-state index contributed by atoms with van der Waals surface area (Å²) < 4.78 is 48.6. The highest BCUT2D eigenvalue weighted by Crippen LogP contribution is 2.20. The average molecular weight is 374 g/mol. The number of hydrogen-bond acceptors (Lipinski definition) is 5. The molecular weight excluding hydrogens is 352 g/mol. The third kappa shape index (κ3) is 5.02. The van der Waals surface area contributed by atoms with Gasteiger partial charge in [-0.15, -0.1) is 0 Å². The second-order valence-corrected chi connectivity index (χ2v) is 10.1. The van der Waals surface area contributed by atoms with Gasteiger partial charge >= 0.3 is 0 Å². The van der Waals surface area contributed by atoms with Crippen molar-refractivity contribution in [2.24, 2.45) is 0 Å². The molecule has 1 N–H and O–H groups in total. The predicted octanol–water partition coefficient (Wildman–Crippen LogP) is 0.636. The number of carbonyl (C=O) groups is 1. The van der Waals surface area contributed by atoms with Crippen molar-refractivity contribution in [3.8, 4) is 0 Å². The molecule has 1 heterocycles. The van der Waals surface area contributed by atoms with Crippen LogP contribution in [0.15, 0.2) is 29.2 Å². The molecule has 0 atom stereocenters. The van der Waals surface area contributed by atoms with E-state index in [4.69, 9.17) is 0 Å². The zero-order chi connectivity index (χ0) is 17.8. The fraction of sp³-hybridized carbons (Fsp3) is 0.533. The van der Waals surface area contributed by atoms with Crippen molar-refractivity contribution in [2.45, 2.75) is 24.2 Å². The molecule has 1 amide bonds. The SMILES string of the molecule is CS(=O)(=O)CCNC(=O)c1ccc(S(=O)(=O)N2CCCCC2)cc1. The van der Waals surface area contributed by atoms with Gasteiger partial charge in [0.15, 0.2) is 0 Å². The number of piperidine rings is 1. The van der Waals surface area contributed by atoms with Gasteiger partial charge in [0.1, 0.15) is 9.84 Å². The van der Waals surface area contributed by atoms with E-state index in [1.54, 1.807) is 0 Å². The summed E-state index contributed by atoms with van der Waals surface area (Å²) in [4.78, 5) is 12.1. The predicted molar refractivity (Wildman–Crippen MR) is 91.1 cm³/mol. The second-order valence-electron chi connectivity index (χ2n) is 5.87. The van der Waals surface area contributed by atoms with Crippen LogP contribution in [0.4, 0.5) is 0 Å². The quantitative estimate of drug-likeness (QED) is 0.787. The Morgan fingerprint density at radius 2 is 1.62 bits per heavy atom. The molecule has 0 unspecified atom stereocenters. The topological polar surface area (TPSA) is 101 Å². The number of hydrogen-bond donors (Lipinski definition) is 1. The first-order valence-corrected chi connectivity index (χ1v) is 11.3. The van der Waals surface area contributed by atoms with Gasteiger partial charge in [0, 0.05) is 31.5 Å². The van der Waals surface area contributed by atoms with Crippen molar-refractivity contribution in [2.75, 3.05) is 31.6 Å². The van der Waals surface area contributed by atoms with E-state index < -0.39 is 25.8 Å². The summed E-state index contributed by atoms with van der Waals surface area (Å²) in [5.74, 6) is -0.569. The van der Waals surface area contributed by atoms with E-state index in [1.165, 1.54) is 28.6 Å². The van der Waals surface area contributed by atoms with Gasteiger partial charge in [-0.05, 0) is 37.1 Å². The number of nitrogens with zero attached hydrogens (tertiary/aromatic N) is 1. The monoisotopic (exact) mass is 374 g/mol. The fourth-order valence-electron chi connectivity index (χ4n) is 2.48. The van der Waals surface area contributed by atoms with Crippen LogP contribution in [0.5, 0.6) is 0 Å². The van der Waals surface area contributed by atoms with E-state index in [0.29, 0.717) is 18.7 Å². The van der Waals surface area contributed by atoms with Crippen molar-refractivity contribution < 1.29 is 21.6 Å². The van der Waals surface area contributed by atoms with Gasteiger partial charge in [0.25, 0.3) is 5.91 Å². The summed E-state index contributed by atoms with van der Waals surface area (Å²) >= 11 is 0. The lowest BCUT2D eigenvalue weighted by molar-refractivity contribution is 0.0956. The third-order valence-electron chi connectivity index (χ3n) is 3.83. The number of sulfone groups is 1. The average Bonchev–Trinajstić information content (AvgIpc) is 2.54. The molecule has 0 radical (unpaired) electrons. The van der Waals surface area contributed by atoms with Gasteiger partial charge in [-0.2, -0.15) is 4.31 Å². The van der Waals surface area contributed by atoms with Crippen LogP contribution in [-0.2, 0) is 19.9 Å². The molecule has 0 saturated carbocycles. The van der Waals surface area contributed by atoms with E-state index in [9.17, 15) is 21.6 Å². The van der Waals surface area contributed by atoms with Gasteiger partial charge < -0.3 is 5.32 Å². The maximum Gasteiger partial charge on any atom is 0.251 e. The van der Waals surface area contributed by atoms with Crippen LogP contribution in [0.1, 0.15) is 29.6 Å². The standard InChI is InChI=1S/C15H22N2O5S2/c1-23(19,20)12-9-16-15(18)13-5-7-14(8-6-13)24(21,22)17-10-3-2-4-11-17/h5-8H,2-4,9-12H2,1H3,(H,16,18). The van der Waals surface area contributed by atoms with Crippen LogP contribution < -0.4 is 5.32 Å². The van der Waals surface area contributed by atoms with E-state index in [-0.39, 0.29) is 17.2 Å². The van der Waals surface area contributed by atoms with E-state index in [1.807, 2.05) is 0 Å². The Labute approximate surface area is 143 Å². The van der Waals surface area contributed by atoms with Crippen LogP contribution in [0.3, 0.4) is 0 Å². The van der Waals surface area contributed by atoms with Gasteiger partial charge in [0.05, 0.1) is 10.6 Å². The van der Waals surface area contributed by atoms with E-state index in [0.717, 1.165) is 25.5 Å². The molecule has 0 aliphatic carbocycles. The second kappa shape index (κ2) is 7.62. The molecule has 1 aromatic carbocycles. The van der Waals surface area contributed by atoms with Gasteiger partial charge in [-0.1, -0.05) is 6.42 Å². The molecule has 9 heteroatoms. The highest BCUT2D eigenvalue weighted by Gasteiger charge is 2.25. The van der Waals surface area contributed by atoms with Crippen LogP contribution in [-0.4, -0.2) is 58.7 Å². The molecule has 134 valence electrons. The van der Waals surface area contributed by atoms with Crippen molar-refractivity contribution in [3.05, 3.63) is 29.8 Å². The Balaban J connectivity index is 2.03. The molecule has 2 rings (SSSR count). The third-order valence-corrected chi connectivity index (χ3v) is 6.69. The minimum atomic E-state index is -3.52. The number of benzene rings is 1. The smallest absolute Gasteiger partial charge is 0.251 e. The Morgan fingerprint density at radius 1 is 1.04 bits per heavy atom. The molecule has 1 aromatic rings. The first kappa shape index (κ1) is 18.9. The molecule has 1 aliphatic heterocycles. The van der Waals surface area contributed by atoms with E-state index >= 15 is 0 Å². The molecule has 0 bridgehead atoms. The van der Waals surface area contributed by atoms with Crippen molar-refractivity contribution in [1.82, 2.24) is 9.62 Å². The van der Waals surface area contributed by atoms with Crippen LogP contribution in [0.25, 0.3) is 0 Å². The minimum absolute atomic E-state index is 0.0193. The lowest BCUT2D eigenvalue weighted by Gasteiger charge is -2.25. The summed E-state index contributed by atoms with van der Waals surface area (Å²) in [6.45, 7) is 1.07. The molecule has 1 aliphatic rings. The summed E-state index contributed by atoms with van der Waals surface area (Å²) in [7, 11) is -6.66. The highest BCUT2D eigenvalue weighted by molar-refractivity contribution is 7.90. The maximum absolute atomic E-state index is 12.5.